The van der Waals surface area contributed by atoms with Crippen molar-refractivity contribution in [1.82, 2.24) is 24.3 Å². The third-order valence-corrected chi connectivity index (χ3v) is 5.30. The Morgan fingerprint density at radius 3 is 2.53 bits per heavy atom. The third kappa shape index (κ3) is 4.70. The normalized spacial score (nSPS) is 11.0. The average Bonchev–Trinajstić information content (AvgIpc) is 3.31. The number of hydrogen-bond acceptors (Lipinski definition) is 8. The number of fused-ring (bicyclic) bond motifs is 1. The lowest BCUT2D eigenvalue weighted by Crippen LogP contribution is -2.31. The van der Waals surface area contributed by atoms with Crippen molar-refractivity contribution >= 4 is 34.7 Å². The molecule has 1 aromatic carbocycles. The molecule has 0 spiro atoms. The summed E-state index contributed by atoms with van der Waals surface area (Å²) in [5.74, 6) is -0.695. The zero-order chi connectivity index (χ0) is 21.5. The average molecular weight is 430 g/mol. The van der Waals surface area contributed by atoms with Crippen molar-refractivity contribution in [3.63, 3.8) is 0 Å². The predicted molar refractivity (Wildman–Crippen MR) is 112 cm³/mol. The number of aromatic nitrogens is 5. The number of carbonyl (C=O) groups excluding carboxylic acids is 2. The van der Waals surface area contributed by atoms with E-state index < -0.39 is 17.2 Å². The van der Waals surface area contributed by atoms with Crippen LogP contribution in [0, 0.1) is 0 Å². The molecule has 0 saturated carbocycles. The summed E-state index contributed by atoms with van der Waals surface area (Å²) in [6.07, 6.45) is 3.44. The van der Waals surface area contributed by atoms with E-state index in [9.17, 15) is 9.59 Å². The monoisotopic (exact) mass is 429 g/mol. The summed E-state index contributed by atoms with van der Waals surface area (Å²) in [5, 5.41) is 7.69. The van der Waals surface area contributed by atoms with E-state index in [0.717, 1.165) is 22.8 Å². The van der Waals surface area contributed by atoms with Crippen LogP contribution < -0.4 is 0 Å². The number of ether oxygens (including phenoxy) is 2. The molecule has 0 unspecified atom stereocenters. The molecule has 0 aliphatic carbocycles. The first kappa shape index (κ1) is 21.6. The Hall–Kier alpha value is -3.14. The molecule has 0 atom stereocenters. The van der Waals surface area contributed by atoms with E-state index in [1.807, 2.05) is 28.8 Å². The van der Waals surface area contributed by atoms with Crippen LogP contribution in [-0.2, 0) is 32.2 Å². The van der Waals surface area contributed by atoms with Crippen molar-refractivity contribution in [2.24, 2.45) is 0 Å². The van der Waals surface area contributed by atoms with E-state index in [1.165, 1.54) is 0 Å². The molecule has 0 aliphatic heterocycles. The molecule has 10 heteroatoms. The summed E-state index contributed by atoms with van der Waals surface area (Å²) in [6.45, 7) is 8.30. The molecule has 0 aliphatic rings. The number of carbonyl (C=O) groups is 2. The van der Waals surface area contributed by atoms with Gasteiger partial charge in [0.1, 0.15) is 0 Å². The molecular formula is C20H23N5O4S. The van der Waals surface area contributed by atoms with Crippen molar-refractivity contribution in [2.45, 2.75) is 37.3 Å². The molecule has 0 amide bonds. The van der Waals surface area contributed by atoms with Crippen LogP contribution in [0.2, 0.25) is 0 Å². The standard InChI is InChI=1S/C20H23N5O4S/c1-4-11-25-16(12-24-13-21-14-9-7-8-10-15(14)24)22-23-20(25)30-17(18(26)28-5-2)19(27)29-6-3/h4,7-10,13,17H,1,5-6,11-12H2,2-3H3. The van der Waals surface area contributed by atoms with E-state index in [4.69, 9.17) is 9.47 Å². The van der Waals surface area contributed by atoms with Crippen molar-refractivity contribution in [2.75, 3.05) is 13.2 Å². The lowest BCUT2D eigenvalue weighted by Gasteiger charge is -2.14. The largest absolute Gasteiger partial charge is 0.465 e. The van der Waals surface area contributed by atoms with Gasteiger partial charge in [0.15, 0.2) is 11.0 Å². The SMILES string of the molecule is C=CCn1c(Cn2cnc3ccccc32)nnc1SC(C(=O)OCC)C(=O)OCC. The van der Waals surface area contributed by atoms with E-state index in [-0.39, 0.29) is 13.2 Å². The van der Waals surface area contributed by atoms with Crippen LogP contribution in [0.25, 0.3) is 11.0 Å². The summed E-state index contributed by atoms with van der Waals surface area (Å²) >= 11 is 0.956. The molecular weight excluding hydrogens is 406 g/mol. The highest BCUT2D eigenvalue weighted by atomic mass is 32.2. The predicted octanol–water partition coefficient (Wildman–Crippen LogP) is 2.45. The first-order valence-corrected chi connectivity index (χ1v) is 10.4. The summed E-state index contributed by atoms with van der Waals surface area (Å²) in [7, 11) is 0. The number of thioether (sulfide) groups is 1. The molecule has 9 nitrogen and oxygen atoms in total. The summed E-state index contributed by atoms with van der Waals surface area (Å²) in [4.78, 5) is 29.0. The molecule has 3 aromatic rings. The van der Waals surface area contributed by atoms with Gasteiger partial charge < -0.3 is 18.6 Å². The fourth-order valence-electron chi connectivity index (χ4n) is 2.86. The molecule has 0 radical (unpaired) electrons. The molecule has 158 valence electrons. The van der Waals surface area contributed by atoms with Gasteiger partial charge in [-0.3, -0.25) is 9.59 Å². The number of hydrogen-bond donors (Lipinski definition) is 0. The molecule has 30 heavy (non-hydrogen) atoms. The second kappa shape index (κ2) is 10.1. The molecule has 3 rings (SSSR count). The molecule has 2 aromatic heterocycles. The lowest BCUT2D eigenvalue weighted by atomic mass is 10.3. The zero-order valence-corrected chi connectivity index (χ0v) is 17.7. The number of para-hydroxylation sites is 2. The molecule has 0 saturated heterocycles. The van der Waals surface area contributed by atoms with Gasteiger partial charge in [-0.1, -0.05) is 30.0 Å². The van der Waals surface area contributed by atoms with E-state index >= 15 is 0 Å². The highest BCUT2D eigenvalue weighted by Gasteiger charge is 2.33. The minimum atomic E-state index is -1.18. The highest BCUT2D eigenvalue weighted by Crippen LogP contribution is 2.25. The Labute approximate surface area is 178 Å². The summed E-state index contributed by atoms with van der Waals surface area (Å²) in [5.41, 5.74) is 1.85. The first-order valence-electron chi connectivity index (χ1n) is 9.51. The van der Waals surface area contributed by atoms with Gasteiger partial charge in [-0.25, -0.2) is 4.98 Å². The first-order chi connectivity index (χ1) is 14.6. The Kier molecular flexibility index (Phi) is 7.23. The van der Waals surface area contributed by atoms with Gasteiger partial charge in [0, 0.05) is 6.54 Å². The van der Waals surface area contributed by atoms with Gasteiger partial charge in [0.05, 0.1) is 37.1 Å². The number of allylic oxidation sites excluding steroid dienone is 1. The fraction of sp³-hybridized carbons (Fsp3) is 0.350. The van der Waals surface area contributed by atoms with Gasteiger partial charge in [-0.15, -0.1) is 16.8 Å². The maximum Gasteiger partial charge on any atom is 0.331 e. The lowest BCUT2D eigenvalue weighted by molar-refractivity contribution is -0.152. The Balaban J connectivity index is 1.89. The quantitative estimate of drug-likeness (QED) is 0.210. The van der Waals surface area contributed by atoms with Crippen LogP contribution >= 0.6 is 11.8 Å². The van der Waals surface area contributed by atoms with E-state index in [2.05, 4.69) is 21.8 Å². The Bertz CT molecular complexity index is 1030. The van der Waals surface area contributed by atoms with Crippen LogP contribution in [0.4, 0.5) is 0 Å². The molecule has 0 N–H and O–H groups in total. The van der Waals surface area contributed by atoms with E-state index in [0.29, 0.717) is 24.1 Å². The van der Waals surface area contributed by atoms with Gasteiger partial charge in [-0.05, 0) is 26.0 Å². The van der Waals surface area contributed by atoms with Crippen LogP contribution in [-0.4, -0.2) is 54.7 Å². The maximum absolute atomic E-state index is 12.3. The minimum absolute atomic E-state index is 0.160. The van der Waals surface area contributed by atoms with Crippen LogP contribution in [0.15, 0.2) is 48.4 Å². The maximum atomic E-state index is 12.3. The van der Waals surface area contributed by atoms with Gasteiger partial charge in [0.25, 0.3) is 0 Å². The highest BCUT2D eigenvalue weighted by molar-refractivity contribution is 8.01. The molecule has 2 heterocycles. The topological polar surface area (TPSA) is 101 Å². The Morgan fingerprint density at radius 2 is 1.87 bits per heavy atom. The molecule has 0 bridgehead atoms. The Morgan fingerprint density at radius 1 is 1.17 bits per heavy atom. The number of benzene rings is 1. The van der Waals surface area contributed by atoms with Crippen LogP contribution in [0.1, 0.15) is 19.7 Å². The van der Waals surface area contributed by atoms with Gasteiger partial charge in [0.2, 0.25) is 5.25 Å². The third-order valence-electron chi connectivity index (χ3n) is 4.17. The second-order valence-electron chi connectivity index (χ2n) is 6.16. The van der Waals surface area contributed by atoms with Crippen molar-refractivity contribution in [1.29, 1.82) is 0 Å². The van der Waals surface area contributed by atoms with Crippen molar-refractivity contribution in [3.05, 3.63) is 49.1 Å². The number of imidazole rings is 1. The van der Waals surface area contributed by atoms with E-state index in [1.54, 1.807) is 30.8 Å². The second-order valence-corrected chi connectivity index (χ2v) is 7.23. The summed E-state index contributed by atoms with van der Waals surface area (Å²) in [6, 6.07) is 7.79. The summed E-state index contributed by atoms with van der Waals surface area (Å²) < 4.78 is 13.8. The van der Waals surface area contributed by atoms with Crippen molar-refractivity contribution < 1.29 is 19.1 Å². The minimum Gasteiger partial charge on any atom is -0.465 e. The van der Waals surface area contributed by atoms with Gasteiger partial charge in [-0.2, -0.15) is 0 Å². The molecule has 0 fully saturated rings. The number of nitrogens with zero attached hydrogens (tertiary/aromatic N) is 5. The number of esters is 2. The van der Waals surface area contributed by atoms with Crippen LogP contribution in [0.3, 0.4) is 0 Å². The number of rotatable bonds is 10. The zero-order valence-electron chi connectivity index (χ0n) is 16.9. The van der Waals surface area contributed by atoms with Crippen molar-refractivity contribution in [3.8, 4) is 0 Å². The van der Waals surface area contributed by atoms with Gasteiger partial charge >= 0.3 is 11.9 Å². The van der Waals surface area contributed by atoms with Crippen LogP contribution in [0.5, 0.6) is 0 Å². The fourth-order valence-corrected chi connectivity index (χ4v) is 3.79. The smallest absolute Gasteiger partial charge is 0.331 e.